The number of aliphatic carboxylic acids is 1. The quantitative estimate of drug-likeness (QED) is 0.906. The maximum atomic E-state index is 12.7. The number of nitrogens with zero attached hydrogens (tertiary/aromatic N) is 1. The molecule has 3 unspecified atom stereocenters. The van der Waals surface area contributed by atoms with Crippen LogP contribution in [0.5, 0.6) is 0 Å². The lowest BCUT2D eigenvalue weighted by atomic mass is 9.94. The SMILES string of the molecule is O=C(O)C1C2CCCC2CN1C(=O)c1c(Cl)cccc1Cl. The summed E-state index contributed by atoms with van der Waals surface area (Å²) in [4.78, 5) is 25.8. The van der Waals surface area contributed by atoms with Crippen LogP contribution in [0.25, 0.3) is 0 Å². The van der Waals surface area contributed by atoms with Crippen molar-refractivity contribution in [3.8, 4) is 0 Å². The molecule has 2 aliphatic rings. The van der Waals surface area contributed by atoms with Crippen LogP contribution >= 0.6 is 23.2 Å². The molecule has 0 spiro atoms. The Morgan fingerprint density at radius 2 is 1.86 bits per heavy atom. The van der Waals surface area contributed by atoms with E-state index in [4.69, 9.17) is 23.2 Å². The predicted molar refractivity (Wildman–Crippen MR) is 79.8 cm³/mol. The van der Waals surface area contributed by atoms with Crippen molar-refractivity contribution < 1.29 is 14.7 Å². The minimum Gasteiger partial charge on any atom is -0.480 e. The molecule has 3 atom stereocenters. The van der Waals surface area contributed by atoms with E-state index in [2.05, 4.69) is 0 Å². The van der Waals surface area contributed by atoms with Crippen molar-refractivity contribution >= 4 is 35.1 Å². The summed E-state index contributed by atoms with van der Waals surface area (Å²) in [6, 6.07) is 4.08. The van der Waals surface area contributed by atoms with Gasteiger partial charge in [-0.15, -0.1) is 0 Å². The zero-order valence-corrected chi connectivity index (χ0v) is 12.8. The Labute approximate surface area is 132 Å². The van der Waals surface area contributed by atoms with Crippen molar-refractivity contribution in [1.82, 2.24) is 4.90 Å². The van der Waals surface area contributed by atoms with Gasteiger partial charge >= 0.3 is 5.97 Å². The lowest BCUT2D eigenvalue weighted by molar-refractivity contribution is -0.142. The lowest BCUT2D eigenvalue weighted by Crippen LogP contribution is -2.43. The molecule has 1 aromatic rings. The zero-order valence-electron chi connectivity index (χ0n) is 11.3. The summed E-state index contributed by atoms with van der Waals surface area (Å²) in [6.07, 6.45) is 2.88. The molecule has 4 nitrogen and oxygen atoms in total. The second-order valence-electron chi connectivity index (χ2n) is 5.69. The standard InChI is InChI=1S/C15H15Cl2NO3/c16-10-5-2-6-11(17)12(10)14(19)18-7-8-3-1-4-9(8)13(18)15(20)21/h2,5-6,8-9,13H,1,3-4,7H2,(H,20,21). The maximum Gasteiger partial charge on any atom is 0.326 e. The van der Waals surface area contributed by atoms with Crippen LogP contribution in [0.1, 0.15) is 29.6 Å². The van der Waals surface area contributed by atoms with E-state index >= 15 is 0 Å². The number of amides is 1. The first-order chi connectivity index (χ1) is 10.0. The van der Waals surface area contributed by atoms with Gasteiger partial charge in [0.2, 0.25) is 0 Å². The molecule has 1 amide bonds. The molecule has 1 saturated heterocycles. The Balaban J connectivity index is 1.96. The van der Waals surface area contributed by atoms with Gasteiger partial charge in [-0.25, -0.2) is 4.79 Å². The van der Waals surface area contributed by atoms with E-state index in [0.717, 1.165) is 19.3 Å². The van der Waals surface area contributed by atoms with Gasteiger partial charge in [-0.05, 0) is 36.8 Å². The average Bonchev–Trinajstić information content (AvgIpc) is 2.97. The Morgan fingerprint density at radius 1 is 1.19 bits per heavy atom. The molecule has 1 aromatic carbocycles. The first-order valence-electron chi connectivity index (χ1n) is 6.98. The zero-order chi connectivity index (χ0) is 15.1. The minimum atomic E-state index is -0.944. The third kappa shape index (κ3) is 2.40. The Bertz CT molecular complexity index is 584. The van der Waals surface area contributed by atoms with E-state index in [1.165, 1.54) is 4.90 Å². The van der Waals surface area contributed by atoms with E-state index in [1.807, 2.05) is 0 Å². The summed E-state index contributed by atoms with van der Waals surface area (Å²) in [6.45, 7) is 0.474. The number of hydrogen-bond donors (Lipinski definition) is 1. The van der Waals surface area contributed by atoms with Gasteiger partial charge in [-0.1, -0.05) is 35.7 Å². The van der Waals surface area contributed by atoms with Gasteiger partial charge < -0.3 is 10.0 Å². The second-order valence-corrected chi connectivity index (χ2v) is 6.51. The Morgan fingerprint density at radius 3 is 2.48 bits per heavy atom. The topological polar surface area (TPSA) is 57.6 Å². The smallest absolute Gasteiger partial charge is 0.326 e. The maximum absolute atomic E-state index is 12.7. The number of benzene rings is 1. The molecule has 1 aliphatic heterocycles. The highest BCUT2D eigenvalue weighted by Crippen LogP contribution is 2.43. The van der Waals surface area contributed by atoms with E-state index in [1.54, 1.807) is 18.2 Å². The number of hydrogen-bond acceptors (Lipinski definition) is 2. The predicted octanol–water partition coefficient (Wildman–Crippen LogP) is 3.32. The van der Waals surface area contributed by atoms with Crippen LogP contribution in [-0.4, -0.2) is 34.5 Å². The molecule has 21 heavy (non-hydrogen) atoms. The fraction of sp³-hybridized carbons (Fsp3) is 0.467. The van der Waals surface area contributed by atoms with E-state index in [-0.39, 0.29) is 33.4 Å². The van der Waals surface area contributed by atoms with Crippen LogP contribution < -0.4 is 0 Å². The third-order valence-corrected chi connectivity index (χ3v) is 5.21. The van der Waals surface area contributed by atoms with Crippen LogP contribution in [0.2, 0.25) is 10.0 Å². The minimum absolute atomic E-state index is 0.0488. The van der Waals surface area contributed by atoms with Crippen molar-refractivity contribution in [2.24, 2.45) is 11.8 Å². The summed E-state index contributed by atoms with van der Waals surface area (Å²) in [5.74, 6) is -1.00. The molecule has 1 N–H and O–H groups in total. The molecule has 6 heteroatoms. The molecule has 2 fully saturated rings. The summed E-state index contributed by atoms with van der Waals surface area (Å²) in [5.41, 5.74) is 0.201. The first-order valence-corrected chi connectivity index (χ1v) is 7.74. The number of carbonyl (C=O) groups excluding carboxylic acids is 1. The van der Waals surface area contributed by atoms with E-state index in [9.17, 15) is 14.7 Å². The van der Waals surface area contributed by atoms with Crippen molar-refractivity contribution in [2.45, 2.75) is 25.3 Å². The van der Waals surface area contributed by atoms with Gasteiger partial charge in [-0.2, -0.15) is 0 Å². The van der Waals surface area contributed by atoms with Crippen LogP contribution in [0.15, 0.2) is 18.2 Å². The number of carboxylic acid groups (broad SMARTS) is 1. The molecule has 3 rings (SSSR count). The number of fused-ring (bicyclic) bond motifs is 1. The highest BCUT2D eigenvalue weighted by molar-refractivity contribution is 6.39. The number of carbonyl (C=O) groups is 2. The Hall–Kier alpha value is -1.26. The fourth-order valence-electron chi connectivity index (χ4n) is 3.68. The number of likely N-dealkylation sites (tertiary alicyclic amines) is 1. The number of rotatable bonds is 2. The molecule has 0 radical (unpaired) electrons. The van der Waals surface area contributed by atoms with E-state index in [0.29, 0.717) is 6.54 Å². The molecular formula is C15H15Cl2NO3. The van der Waals surface area contributed by atoms with Crippen molar-refractivity contribution in [3.63, 3.8) is 0 Å². The van der Waals surface area contributed by atoms with Gasteiger partial charge in [0, 0.05) is 6.54 Å². The molecular weight excluding hydrogens is 313 g/mol. The van der Waals surface area contributed by atoms with Gasteiger partial charge in [-0.3, -0.25) is 4.79 Å². The third-order valence-electron chi connectivity index (χ3n) is 4.58. The normalized spacial score (nSPS) is 27.7. The van der Waals surface area contributed by atoms with Gasteiger partial charge in [0.05, 0.1) is 15.6 Å². The van der Waals surface area contributed by atoms with Crippen LogP contribution in [0, 0.1) is 11.8 Å². The summed E-state index contributed by atoms with van der Waals surface area (Å²) in [5, 5.41) is 10.0. The monoisotopic (exact) mass is 327 g/mol. The second kappa shape index (κ2) is 5.50. The highest BCUT2D eigenvalue weighted by Gasteiger charge is 2.50. The molecule has 0 aromatic heterocycles. The van der Waals surface area contributed by atoms with Crippen molar-refractivity contribution in [1.29, 1.82) is 0 Å². The summed E-state index contributed by atoms with van der Waals surface area (Å²) >= 11 is 12.1. The molecule has 1 aliphatic carbocycles. The molecule has 1 saturated carbocycles. The van der Waals surface area contributed by atoms with Crippen molar-refractivity contribution in [3.05, 3.63) is 33.8 Å². The summed E-state index contributed by atoms with van der Waals surface area (Å²) in [7, 11) is 0. The summed E-state index contributed by atoms with van der Waals surface area (Å²) < 4.78 is 0. The van der Waals surface area contributed by atoms with Gasteiger partial charge in [0.15, 0.2) is 0 Å². The van der Waals surface area contributed by atoms with Gasteiger partial charge in [0.25, 0.3) is 5.91 Å². The molecule has 112 valence electrons. The average molecular weight is 328 g/mol. The number of carboxylic acids is 1. The van der Waals surface area contributed by atoms with Crippen LogP contribution in [0.4, 0.5) is 0 Å². The van der Waals surface area contributed by atoms with E-state index < -0.39 is 12.0 Å². The first kappa shape index (κ1) is 14.7. The molecule has 1 heterocycles. The van der Waals surface area contributed by atoms with Crippen molar-refractivity contribution in [2.75, 3.05) is 6.54 Å². The largest absolute Gasteiger partial charge is 0.480 e. The van der Waals surface area contributed by atoms with Gasteiger partial charge in [0.1, 0.15) is 6.04 Å². The van der Waals surface area contributed by atoms with Crippen LogP contribution in [-0.2, 0) is 4.79 Å². The number of halogens is 2. The molecule has 0 bridgehead atoms. The van der Waals surface area contributed by atoms with Crippen LogP contribution in [0.3, 0.4) is 0 Å². The lowest BCUT2D eigenvalue weighted by Gasteiger charge is -2.25. The fourth-order valence-corrected chi connectivity index (χ4v) is 4.24. The Kier molecular flexibility index (Phi) is 3.84. The highest BCUT2D eigenvalue weighted by atomic mass is 35.5.